The maximum Gasteiger partial charge on any atom is 0.240 e. The Bertz CT molecular complexity index is 724. The van der Waals surface area contributed by atoms with Gasteiger partial charge in [0.25, 0.3) is 0 Å². The van der Waals surface area contributed by atoms with Gasteiger partial charge in [0, 0.05) is 12.6 Å². The van der Waals surface area contributed by atoms with Crippen LogP contribution in [0.25, 0.3) is 0 Å². The molecular formula is C15H24N2O5S2. The molecule has 136 valence electrons. The van der Waals surface area contributed by atoms with Crippen molar-refractivity contribution in [3.8, 4) is 5.75 Å². The zero-order valence-corrected chi connectivity index (χ0v) is 15.3. The Balaban J connectivity index is 1.88. The van der Waals surface area contributed by atoms with Gasteiger partial charge < -0.3 is 4.74 Å². The summed E-state index contributed by atoms with van der Waals surface area (Å²) in [4.78, 5) is 0.203. The molecule has 1 fully saturated rings. The van der Waals surface area contributed by atoms with Crippen LogP contribution in [0.3, 0.4) is 0 Å². The van der Waals surface area contributed by atoms with Crippen LogP contribution < -0.4 is 14.2 Å². The van der Waals surface area contributed by atoms with Crippen LogP contribution in [0.2, 0.25) is 0 Å². The van der Waals surface area contributed by atoms with Crippen molar-refractivity contribution in [3.05, 3.63) is 24.3 Å². The number of sulfonamides is 2. The molecule has 0 radical (unpaired) electrons. The topological polar surface area (TPSA) is 102 Å². The lowest BCUT2D eigenvalue weighted by atomic mass is 9.96. The number of ether oxygens (including phenoxy) is 1. The predicted molar refractivity (Wildman–Crippen MR) is 92.0 cm³/mol. The zero-order valence-electron chi connectivity index (χ0n) is 13.7. The average Bonchev–Trinajstić information content (AvgIpc) is 2.52. The van der Waals surface area contributed by atoms with Gasteiger partial charge in [-0.15, -0.1) is 0 Å². The molecule has 7 nitrogen and oxygen atoms in total. The fourth-order valence-corrected chi connectivity index (χ4v) is 4.38. The summed E-state index contributed by atoms with van der Waals surface area (Å²) in [6, 6.07) is 6.13. The Morgan fingerprint density at radius 1 is 1.04 bits per heavy atom. The number of rotatable bonds is 8. The van der Waals surface area contributed by atoms with Crippen LogP contribution in [0.15, 0.2) is 29.2 Å². The van der Waals surface area contributed by atoms with Crippen LogP contribution in [-0.4, -0.2) is 42.3 Å². The molecule has 2 N–H and O–H groups in total. The highest BCUT2D eigenvalue weighted by Crippen LogP contribution is 2.21. The summed E-state index contributed by atoms with van der Waals surface area (Å²) in [7, 11) is -6.75. The van der Waals surface area contributed by atoms with E-state index in [0.29, 0.717) is 5.75 Å². The minimum Gasteiger partial charge on any atom is -0.492 e. The van der Waals surface area contributed by atoms with Crippen molar-refractivity contribution >= 4 is 20.0 Å². The zero-order chi connectivity index (χ0) is 17.6. The molecule has 0 bridgehead atoms. The monoisotopic (exact) mass is 376 g/mol. The highest BCUT2D eigenvalue weighted by atomic mass is 32.2. The van der Waals surface area contributed by atoms with E-state index in [9.17, 15) is 16.8 Å². The van der Waals surface area contributed by atoms with Gasteiger partial charge in [0.2, 0.25) is 20.0 Å². The number of hydrogen-bond acceptors (Lipinski definition) is 5. The van der Waals surface area contributed by atoms with Crippen molar-refractivity contribution in [2.45, 2.75) is 43.0 Å². The Hall–Kier alpha value is -1.16. The first-order valence-corrected chi connectivity index (χ1v) is 11.3. The number of hydrogen-bond donors (Lipinski definition) is 2. The molecule has 1 saturated carbocycles. The first kappa shape index (κ1) is 19.2. The highest BCUT2D eigenvalue weighted by Gasteiger charge is 2.21. The Labute approximate surface area is 143 Å². The molecule has 0 aliphatic heterocycles. The van der Waals surface area contributed by atoms with Gasteiger partial charge in [-0.2, -0.15) is 0 Å². The first-order valence-electron chi connectivity index (χ1n) is 7.96. The van der Waals surface area contributed by atoms with Gasteiger partial charge in [-0.25, -0.2) is 26.3 Å². The predicted octanol–water partition coefficient (Wildman–Crippen LogP) is 1.23. The van der Waals surface area contributed by atoms with E-state index < -0.39 is 20.0 Å². The van der Waals surface area contributed by atoms with Gasteiger partial charge in [0.15, 0.2) is 0 Å². The van der Waals surface area contributed by atoms with E-state index in [1.165, 1.54) is 18.6 Å². The summed E-state index contributed by atoms with van der Waals surface area (Å²) < 4.78 is 57.0. The van der Waals surface area contributed by atoms with Gasteiger partial charge in [0.1, 0.15) is 12.4 Å². The minimum atomic E-state index is -3.52. The quantitative estimate of drug-likeness (QED) is 0.665. The van der Waals surface area contributed by atoms with Gasteiger partial charge in [-0.3, -0.25) is 0 Å². The van der Waals surface area contributed by atoms with Crippen molar-refractivity contribution in [3.63, 3.8) is 0 Å². The second-order valence-electron chi connectivity index (χ2n) is 5.94. The van der Waals surface area contributed by atoms with Crippen molar-refractivity contribution in [2.24, 2.45) is 0 Å². The third-order valence-corrected chi connectivity index (χ3v) is 6.06. The second-order valence-corrected chi connectivity index (χ2v) is 9.49. The third kappa shape index (κ3) is 6.39. The normalized spacial score (nSPS) is 16.9. The van der Waals surface area contributed by atoms with Crippen LogP contribution in [0, 0.1) is 0 Å². The van der Waals surface area contributed by atoms with Crippen LogP contribution in [0.1, 0.15) is 32.1 Å². The van der Waals surface area contributed by atoms with E-state index in [4.69, 9.17) is 4.74 Å². The molecule has 1 aromatic rings. The van der Waals surface area contributed by atoms with Crippen LogP contribution >= 0.6 is 0 Å². The Morgan fingerprint density at radius 2 is 1.67 bits per heavy atom. The Kier molecular flexibility index (Phi) is 6.62. The smallest absolute Gasteiger partial charge is 0.240 e. The second kappa shape index (κ2) is 8.28. The molecule has 0 heterocycles. The molecule has 0 atom stereocenters. The molecule has 24 heavy (non-hydrogen) atoms. The molecule has 0 aromatic heterocycles. The minimum absolute atomic E-state index is 0.0155. The largest absolute Gasteiger partial charge is 0.492 e. The van der Waals surface area contributed by atoms with Crippen LogP contribution in [0.5, 0.6) is 5.75 Å². The Morgan fingerprint density at radius 3 is 2.25 bits per heavy atom. The first-order chi connectivity index (χ1) is 11.3. The molecule has 0 unspecified atom stereocenters. The van der Waals surface area contributed by atoms with Crippen LogP contribution in [0.4, 0.5) is 0 Å². The summed E-state index contributed by atoms with van der Waals surface area (Å²) >= 11 is 0. The van der Waals surface area contributed by atoms with E-state index in [2.05, 4.69) is 9.44 Å². The summed E-state index contributed by atoms with van der Waals surface area (Å²) in [5.74, 6) is 0.488. The molecule has 0 amide bonds. The van der Waals surface area contributed by atoms with Crippen LogP contribution in [-0.2, 0) is 20.0 Å². The fraction of sp³-hybridized carbons (Fsp3) is 0.600. The standard InChI is InChI=1S/C15H24N2O5S2/c1-23(18,19)16-11-12-22-14-7-9-15(10-8-14)24(20,21)17-13-5-3-2-4-6-13/h7-10,13,16-17H,2-6,11-12H2,1H3. The molecule has 0 saturated heterocycles. The summed E-state index contributed by atoms with van der Waals surface area (Å²) in [5, 5.41) is 0. The maximum atomic E-state index is 12.4. The van der Waals surface area contributed by atoms with E-state index >= 15 is 0 Å². The van der Waals surface area contributed by atoms with E-state index in [0.717, 1.165) is 31.9 Å². The average molecular weight is 377 g/mol. The van der Waals surface area contributed by atoms with Gasteiger partial charge >= 0.3 is 0 Å². The fourth-order valence-electron chi connectivity index (χ4n) is 2.62. The van der Waals surface area contributed by atoms with Crippen molar-refractivity contribution in [1.82, 2.24) is 9.44 Å². The maximum absolute atomic E-state index is 12.4. The molecular weight excluding hydrogens is 352 g/mol. The number of benzene rings is 1. The van der Waals surface area contributed by atoms with Gasteiger partial charge in [-0.1, -0.05) is 19.3 Å². The summed E-state index contributed by atoms with van der Waals surface area (Å²) in [5.41, 5.74) is 0. The van der Waals surface area contributed by atoms with Gasteiger partial charge in [0.05, 0.1) is 11.2 Å². The van der Waals surface area contributed by atoms with Gasteiger partial charge in [-0.05, 0) is 37.1 Å². The van der Waals surface area contributed by atoms with E-state index in [1.807, 2.05) is 0 Å². The SMILES string of the molecule is CS(=O)(=O)NCCOc1ccc(S(=O)(=O)NC2CCCCC2)cc1. The lowest BCUT2D eigenvalue weighted by Crippen LogP contribution is -2.36. The highest BCUT2D eigenvalue weighted by molar-refractivity contribution is 7.89. The lowest BCUT2D eigenvalue weighted by Gasteiger charge is -2.22. The van der Waals surface area contributed by atoms with Crippen molar-refractivity contribution in [2.75, 3.05) is 19.4 Å². The lowest BCUT2D eigenvalue weighted by molar-refractivity contribution is 0.322. The number of nitrogens with one attached hydrogen (secondary N) is 2. The third-order valence-electron chi connectivity index (χ3n) is 3.80. The molecule has 1 aliphatic carbocycles. The van der Waals surface area contributed by atoms with Crippen molar-refractivity contribution in [1.29, 1.82) is 0 Å². The molecule has 1 aliphatic rings. The molecule has 9 heteroatoms. The summed E-state index contributed by atoms with van der Waals surface area (Å²) in [6.07, 6.45) is 6.12. The summed E-state index contributed by atoms with van der Waals surface area (Å²) in [6.45, 7) is 0.321. The molecule has 1 aromatic carbocycles. The van der Waals surface area contributed by atoms with E-state index in [-0.39, 0.29) is 24.1 Å². The van der Waals surface area contributed by atoms with Crippen molar-refractivity contribution < 1.29 is 21.6 Å². The molecule has 0 spiro atoms. The molecule has 2 rings (SSSR count). The van der Waals surface area contributed by atoms with E-state index in [1.54, 1.807) is 12.1 Å².